The van der Waals surface area contributed by atoms with E-state index in [1.54, 1.807) is 0 Å². The first-order chi connectivity index (χ1) is 8.44. The Bertz CT molecular complexity index is 439. The van der Waals surface area contributed by atoms with Crippen LogP contribution in [-0.2, 0) is 9.53 Å². The molecule has 3 rings (SSSR count). The van der Waals surface area contributed by atoms with Crippen LogP contribution in [0.4, 0.5) is 0 Å². The van der Waals surface area contributed by atoms with Gasteiger partial charge < -0.3 is 9.84 Å². The highest BCUT2D eigenvalue weighted by Gasteiger charge is 2.58. The summed E-state index contributed by atoms with van der Waals surface area (Å²) in [5.74, 6) is -0.389. The number of aliphatic hydroxyl groups is 1. The highest BCUT2D eigenvalue weighted by Crippen LogP contribution is 2.57. The molecule has 1 heterocycles. The third-order valence-corrected chi connectivity index (χ3v) is 5.12. The molecule has 3 nitrogen and oxygen atoms in total. The maximum Gasteiger partial charge on any atom is 0.334 e. The fourth-order valence-corrected chi connectivity index (χ4v) is 4.32. The Morgan fingerprint density at radius 2 is 2.17 bits per heavy atom. The lowest BCUT2D eigenvalue weighted by atomic mass is 9.54. The average Bonchev–Trinajstić information content (AvgIpc) is 2.54. The topological polar surface area (TPSA) is 46.5 Å². The summed E-state index contributed by atoms with van der Waals surface area (Å²) in [6.07, 6.45) is 3.15. The van der Waals surface area contributed by atoms with Crippen LogP contribution < -0.4 is 0 Å². The van der Waals surface area contributed by atoms with Crippen LogP contribution in [0.15, 0.2) is 24.3 Å². The van der Waals surface area contributed by atoms with Crippen molar-refractivity contribution in [2.45, 2.75) is 44.8 Å². The number of hydrogen-bond acceptors (Lipinski definition) is 3. The van der Waals surface area contributed by atoms with Crippen LogP contribution in [0.1, 0.15) is 32.6 Å². The summed E-state index contributed by atoms with van der Waals surface area (Å²) in [5, 5.41) is 10.3. The van der Waals surface area contributed by atoms with Crippen LogP contribution in [0.25, 0.3) is 0 Å². The van der Waals surface area contributed by atoms with Crippen molar-refractivity contribution in [1.82, 2.24) is 0 Å². The van der Waals surface area contributed by atoms with Crippen LogP contribution in [0.2, 0.25) is 0 Å². The van der Waals surface area contributed by atoms with Crippen LogP contribution in [0.5, 0.6) is 0 Å². The standard InChI is InChI=1S/C15H20O3/c1-8-5-4-6-15(3)7-10(16)11-9(2)14(17)18-13(11)12(8)15/h10-13,16H,1-2,4-7H2,3H3/t10-,11-,12+,13+,15-/m1/s1. The molecular formula is C15H20O3. The summed E-state index contributed by atoms with van der Waals surface area (Å²) in [6.45, 7) is 10.2. The molecule has 1 aliphatic heterocycles. The Morgan fingerprint density at radius 3 is 2.89 bits per heavy atom. The SMILES string of the molecule is C=C1C(=O)O[C@H]2[C@H]1[C@H](O)C[C@@]1(C)CCCC(=C)[C@@H]21. The molecule has 0 unspecified atom stereocenters. The number of rotatable bonds is 0. The third-order valence-electron chi connectivity index (χ3n) is 5.12. The second-order valence-electron chi connectivity index (χ2n) is 6.34. The van der Waals surface area contributed by atoms with Gasteiger partial charge in [-0.05, 0) is 31.1 Å². The molecule has 0 spiro atoms. The molecule has 18 heavy (non-hydrogen) atoms. The second-order valence-corrected chi connectivity index (χ2v) is 6.34. The maximum absolute atomic E-state index is 11.7. The molecule has 1 N–H and O–H groups in total. The molecule has 5 atom stereocenters. The van der Waals surface area contributed by atoms with E-state index in [0.29, 0.717) is 12.0 Å². The molecular weight excluding hydrogens is 228 g/mol. The molecule has 0 bridgehead atoms. The van der Waals surface area contributed by atoms with Crippen molar-refractivity contribution >= 4 is 5.97 Å². The molecule has 0 amide bonds. The van der Waals surface area contributed by atoms with Gasteiger partial charge in [-0.15, -0.1) is 0 Å². The van der Waals surface area contributed by atoms with Crippen molar-refractivity contribution in [1.29, 1.82) is 0 Å². The molecule has 98 valence electrons. The zero-order valence-corrected chi connectivity index (χ0v) is 10.8. The van der Waals surface area contributed by atoms with Crippen molar-refractivity contribution in [3.8, 4) is 0 Å². The Hall–Kier alpha value is -1.09. The van der Waals surface area contributed by atoms with E-state index in [1.165, 1.54) is 5.57 Å². The Balaban J connectivity index is 2.02. The van der Waals surface area contributed by atoms with Crippen LogP contribution >= 0.6 is 0 Å². The largest absolute Gasteiger partial charge is 0.458 e. The fraction of sp³-hybridized carbons (Fsp3) is 0.667. The summed E-state index contributed by atoms with van der Waals surface area (Å²) in [4.78, 5) is 11.7. The average molecular weight is 248 g/mol. The fourth-order valence-electron chi connectivity index (χ4n) is 4.32. The van der Waals surface area contributed by atoms with Gasteiger partial charge in [-0.2, -0.15) is 0 Å². The minimum atomic E-state index is -0.513. The van der Waals surface area contributed by atoms with Gasteiger partial charge in [0.1, 0.15) is 6.10 Å². The van der Waals surface area contributed by atoms with Crippen LogP contribution in [-0.4, -0.2) is 23.3 Å². The second kappa shape index (κ2) is 3.70. The van der Waals surface area contributed by atoms with Gasteiger partial charge in [0.25, 0.3) is 0 Å². The van der Waals surface area contributed by atoms with Crippen molar-refractivity contribution < 1.29 is 14.6 Å². The number of esters is 1. The predicted molar refractivity (Wildman–Crippen MR) is 67.7 cm³/mol. The minimum Gasteiger partial charge on any atom is -0.458 e. The first-order valence-electron chi connectivity index (χ1n) is 6.69. The lowest BCUT2D eigenvalue weighted by Gasteiger charge is -2.51. The Morgan fingerprint density at radius 1 is 1.44 bits per heavy atom. The number of hydrogen-bond donors (Lipinski definition) is 1. The van der Waals surface area contributed by atoms with Crippen molar-refractivity contribution in [2.75, 3.05) is 0 Å². The molecule has 2 saturated carbocycles. The summed E-state index contributed by atoms with van der Waals surface area (Å²) in [6, 6.07) is 0. The monoisotopic (exact) mass is 248 g/mol. The zero-order valence-electron chi connectivity index (χ0n) is 10.8. The van der Waals surface area contributed by atoms with Gasteiger partial charge in [0.2, 0.25) is 0 Å². The molecule has 3 heteroatoms. The number of ether oxygens (including phenoxy) is 1. The molecule has 1 saturated heterocycles. The van der Waals surface area contributed by atoms with E-state index >= 15 is 0 Å². The van der Waals surface area contributed by atoms with Gasteiger partial charge in [-0.25, -0.2) is 4.79 Å². The van der Waals surface area contributed by atoms with Crippen LogP contribution in [0, 0.1) is 17.3 Å². The lowest BCUT2D eigenvalue weighted by Crippen LogP contribution is -2.52. The van der Waals surface area contributed by atoms with E-state index in [4.69, 9.17) is 4.74 Å². The number of aliphatic hydroxyl groups excluding tert-OH is 1. The Labute approximate surface area is 108 Å². The van der Waals surface area contributed by atoms with Crippen molar-refractivity contribution in [3.05, 3.63) is 24.3 Å². The number of fused-ring (bicyclic) bond motifs is 3. The van der Waals surface area contributed by atoms with E-state index in [9.17, 15) is 9.90 Å². The van der Waals surface area contributed by atoms with Gasteiger partial charge >= 0.3 is 5.97 Å². The van der Waals surface area contributed by atoms with Gasteiger partial charge in [-0.3, -0.25) is 0 Å². The van der Waals surface area contributed by atoms with Gasteiger partial charge in [0, 0.05) is 11.5 Å². The molecule has 0 aromatic rings. The van der Waals surface area contributed by atoms with E-state index < -0.39 is 6.10 Å². The maximum atomic E-state index is 11.7. The highest BCUT2D eigenvalue weighted by molar-refractivity contribution is 5.91. The predicted octanol–water partition coefficient (Wildman–Crippen LogP) is 2.21. The van der Waals surface area contributed by atoms with Gasteiger partial charge in [0.05, 0.1) is 12.0 Å². The number of carbonyl (C=O) groups is 1. The molecule has 0 aromatic carbocycles. The molecule has 3 fully saturated rings. The van der Waals surface area contributed by atoms with Crippen LogP contribution in [0.3, 0.4) is 0 Å². The first kappa shape index (κ1) is 12.0. The molecule has 0 radical (unpaired) electrons. The van der Waals surface area contributed by atoms with Crippen molar-refractivity contribution in [3.63, 3.8) is 0 Å². The van der Waals surface area contributed by atoms with E-state index in [2.05, 4.69) is 20.1 Å². The van der Waals surface area contributed by atoms with Crippen molar-refractivity contribution in [2.24, 2.45) is 17.3 Å². The van der Waals surface area contributed by atoms with E-state index in [-0.39, 0.29) is 29.3 Å². The smallest absolute Gasteiger partial charge is 0.334 e. The Kier molecular flexibility index (Phi) is 2.46. The quantitative estimate of drug-likeness (QED) is 0.406. The third kappa shape index (κ3) is 1.43. The molecule has 3 aliphatic rings. The van der Waals surface area contributed by atoms with Gasteiger partial charge in [-0.1, -0.05) is 25.7 Å². The first-order valence-corrected chi connectivity index (χ1v) is 6.69. The lowest BCUT2D eigenvalue weighted by molar-refractivity contribution is -0.149. The normalized spacial score (nSPS) is 47.6. The summed E-state index contributed by atoms with van der Waals surface area (Å²) < 4.78 is 5.49. The van der Waals surface area contributed by atoms with Gasteiger partial charge in [0.15, 0.2) is 0 Å². The van der Waals surface area contributed by atoms with E-state index in [1.807, 2.05) is 0 Å². The van der Waals surface area contributed by atoms with E-state index in [0.717, 1.165) is 19.3 Å². The summed E-state index contributed by atoms with van der Waals surface area (Å²) >= 11 is 0. The zero-order chi connectivity index (χ0) is 13.1. The molecule has 0 aromatic heterocycles. The summed E-state index contributed by atoms with van der Waals surface area (Å²) in [7, 11) is 0. The molecule has 2 aliphatic carbocycles. The minimum absolute atomic E-state index is 0.0147. The highest BCUT2D eigenvalue weighted by atomic mass is 16.6. The summed E-state index contributed by atoms with van der Waals surface area (Å²) in [5.41, 5.74) is 1.63. The number of carbonyl (C=O) groups excluding carboxylic acids is 1.